The zero-order valence-corrected chi connectivity index (χ0v) is 16.8. The number of amides is 1. The van der Waals surface area contributed by atoms with Crippen LogP contribution in [-0.2, 0) is 9.53 Å². The molecule has 26 heavy (non-hydrogen) atoms. The number of likely N-dealkylation sites (tertiary alicyclic amines) is 1. The molecule has 0 aromatic carbocycles. The average Bonchev–Trinajstić information content (AvgIpc) is 2.67. The first kappa shape index (κ1) is 21.0. The summed E-state index contributed by atoms with van der Waals surface area (Å²) in [5.41, 5.74) is 0. The van der Waals surface area contributed by atoms with Crippen molar-refractivity contribution in [2.24, 2.45) is 10.9 Å². The van der Waals surface area contributed by atoms with Crippen molar-refractivity contribution in [1.29, 1.82) is 0 Å². The molecule has 2 heterocycles. The van der Waals surface area contributed by atoms with Crippen LogP contribution in [0.15, 0.2) is 4.99 Å². The van der Waals surface area contributed by atoms with Crippen LogP contribution in [0, 0.1) is 5.92 Å². The fourth-order valence-electron chi connectivity index (χ4n) is 3.63. The predicted octanol–water partition coefficient (Wildman–Crippen LogP) is 0.911. The van der Waals surface area contributed by atoms with Gasteiger partial charge in [0.05, 0.1) is 13.2 Å². The molecule has 0 radical (unpaired) electrons. The van der Waals surface area contributed by atoms with Gasteiger partial charge in [-0.3, -0.25) is 9.69 Å². The molecule has 7 heteroatoms. The first-order chi connectivity index (χ1) is 12.6. The van der Waals surface area contributed by atoms with Gasteiger partial charge in [-0.25, -0.2) is 4.99 Å². The minimum atomic E-state index is 0.135. The molecule has 0 spiro atoms. The Bertz CT molecular complexity index is 443. The van der Waals surface area contributed by atoms with Crippen LogP contribution in [0.3, 0.4) is 0 Å². The van der Waals surface area contributed by atoms with Crippen LogP contribution in [0.5, 0.6) is 0 Å². The molecule has 2 fully saturated rings. The number of rotatable bonds is 7. The van der Waals surface area contributed by atoms with Crippen LogP contribution < -0.4 is 10.6 Å². The maximum atomic E-state index is 12.3. The number of nitrogens with one attached hydrogen (secondary N) is 2. The fraction of sp³-hybridized carbons (Fsp3) is 0.895. The van der Waals surface area contributed by atoms with E-state index < -0.39 is 0 Å². The molecule has 0 saturated carbocycles. The van der Waals surface area contributed by atoms with Gasteiger partial charge in [-0.05, 0) is 32.1 Å². The molecule has 2 saturated heterocycles. The maximum Gasteiger partial charge on any atom is 0.244 e. The summed E-state index contributed by atoms with van der Waals surface area (Å²) in [5, 5.41) is 6.71. The van der Waals surface area contributed by atoms with Crippen LogP contribution in [0.4, 0.5) is 0 Å². The van der Waals surface area contributed by atoms with Gasteiger partial charge in [0.25, 0.3) is 0 Å². The Balaban J connectivity index is 1.87. The Morgan fingerprint density at radius 2 is 1.77 bits per heavy atom. The van der Waals surface area contributed by atoms with Crippen molar-refractivity contribution >= 4 is 11.9 Å². The van der Waals surface area contributed by atoms with Crippen LogP contribution in [-0.4, -0.2) is 86.7 Å². The lowest BCUT2D eigenvalue weighted by Gasteiger charge is -2.37. The highest BCUT2D eigenvalue weighted by Crippen LogP contribution is 2.12. The highest BCUT2D eigenvalue weighted by atomic mass is 16.5. The summed E-state index contributed by atoms with van der Waals surface area (Å²) in [4.78, 5) is 21.3. The van der Waals surface area contributed by atoms with Gasteiger partial charge in [-0.15, -0.1) is 0 Å². The fourth-order valence-corrected chi connectivity index (χ4v) is 3.63. The van der Waals surface area contributed by atoms with E-state index in [1.165, 1.54) is 6.42 Å². The minimum Gasteiger partial charge on any atom is -0.379 e. The minimum absolute atomic E-state index is 0.135. The topological polar surface area (TPSA) is 69.2 Å². The van der Waals surface area contributed by atoms with Gasteiger partial charge in [0.1, 0.15) is 6.54 Å². The Hall–Kier alpha value is -1.34. The molecule has 0 aliphatic carbocycles. The van der Waals surface area contributed by atoms with Gasteiger partial charge in [0, 0.05) is 45.3 Å². The molecule has 0 aromatic heterocycles. The quantitative estimate of drug-likeness (QED) is 0.517. The van der Waals surface area contributed by atoms with Gasteiger partial charge < -0.3 is 20.3 Å². The first-order valence-electron chi connectivity index (χ1n) is 10.2. The average molecular weight is 368 g/mol. The number of guanidine groups is 1. The third-order valence-corrected chi connectivity index (χ3v) is 5.19. The van der Waals surface area contributed by atoms with Gasteiger partial charge in [-0.2, -0.15) is 0 Å². The first-order valence-corrected chi connectivity index (χ1v) is 10.2. The van der Waals surface area contributed by atoms with Crippen LogP contribution in [0.2, 0.25) is 0 Å². The second-order valence-corrected chi connectivity index (χ2v) is 7.48. The van der Waals surface area contributed by atoms with Gasteiger partial charge >= 0.3 is 0 Å². The van der Waals surface area contributed by atoms with E-state index >= 15 is 0 Å². The van der Waals surface area contributed by atoms with E-state index in [2.05, 4.69) is 34.4 Å². The van der Waals surface area contributed by atoms with Crippen molar-refractivity contribution in [1.82, 2.24) is 20.4 Å². The molecule has 150 valence electrons. The molecule has 1 amide bonds. The lowest BCUT2D eigenvalue weighted by molar-refractivity contribution is -0.130. The van der Waals surface area contributed by atoms with E-state index in [0.717, 1.165) is 71.3 Å². The Morgan fingerprint density at radius 1 is 1.08 bits per heavy atom. The lowest BCUT2D eigenvalue weighted by atomic mass is 10.0. The van der Waals surface area contributed by atoms with E-state index in [-0.39, 0.29) is 12.5 Å². The van der Waals surface area contributed by atoms with Crippen LogP contribution in [0.25, 0.3) is 0 Å². The number of nitrogens with zero attached hydrogens (tertiary/aromatic N) is 3. The van der Waals surface area contributed by atoms with Gasteiger partial charge in [-0.1, -0.05) is 13.8 Å². The molecule has 2 aliphatic rings. The SMILES string of the molecule is CCNC(=NCC(=O)N1CCCCC1)NCC(C(C)C)N1CCOCC1. The van der Waals surface area contributed by atoms with E-state index in [0.29, 0.717) is 12.0 Å². The van der Waals surface area contributed by atoms with E-state index in [1.54, 1.807) is 0 Å². The van der Waals surface area contributed by atoms with Crippen molar-refractivity contribution in [2.75, 3.05) is 59.0 Å². The largest absolute Gasteiger partial charge is 0.379 e. The summed E-state index contributed by atoms with van der Waals surface area (Å²) in [5.74, 6) is 1.41. The number of piperidine rings is 1. The molecule has 1 atom stereocenters. The monoisotopic (exact) mass is 367 g/mol. The van der Waals surface area contributed by atoms with Crippen molar-refractivity contribution in [3.63, 3.8) is 0 Å². The normalized spacial score (nSPS) is 20.9. The number of hydrogen-bond donors (Lipinski definition) is 2. The van der Waals surface area contributed by atoms with Crippen LogP contribution in [0.1, 0.15) is 40.0 Å². The summed E-state index contributed by atoms with van der Waals surface area (Å²) < 4.78 is 5.48. The number of carbonyl (C=O) groups excluding carboxylic acids is 1. The molecule has 1 unspecified atom stereocenters. The molecule has 2 aliphatic heterocycles. The second-order valence-electron chi connectivity index (χ2n) is 7.48. The third kappa shape index (κ3) is 6.76. The van der Waals surface area contributed by atoms with Crippen molar-refractivity contribution < 1.29 is 9.53 Å². The smallest absolute Gasteiger partial charge is 0.244 e. The molecular weight excluding hydrogens is 330 g/mol. The Kier molecular flexibility index (Phi) is 9.18. The van der Waals surface area contributed by atoms with E-state index in [9.17, 15) is 4.79 Å². The predicted molar refractivity (Wildman–Crippen MR) is 105 cm³/mol. The van der Waals surface area contributed by atoms with Gasteiger partial charge in [0.15, 0.2) is 5.96 Å². The maximum absolute atomic E-state index is 12.3. The second kappa shape index (κ2) is 11.4. The molecule has 2 rings (SSSR count). The standard InChI is InChI=1S/C19H37N5O2/c1-4-20-19(22-15-18(25)24-8-6-5-7-9-24)21-14-17(16(2)3)23-10-12-26-13-11-23/h16-17H,4-15H2,1-3H3,(H2,20,21,22). The zero-order chi connectivity index (χ0) is 18.8. The summed E-state index contributed by atoms with van der Waals surface area (Å²) >= 11 is 0. The van der Waals surface area contributed by atoms with E-state index in [4.69, 9.17) is 4.74 Å². The molecule has 0 bridgehead atoms. The summed E-state index contributed by atoms with van der Waals surface area (Å²) in [7, 11) is 0. The Morgan fingerprint density at radius 3 is 2.38 bits per heavy atom. The lowest BCUT2D eigenvalue weighted by Crippen LogP contribution is -2.52. The number of aliphatic imine (C=N–C) groups is 1. The van der Waals surface area contributed by atoms with E-state index in [1.807, 2.05) is 11.8 Å². The van der Waals surface area contributed by atoms with Crippen molar-refractivity contribution in [2.45, 2.75) is 46.1 Å². The summed E-state index contributed by atoms with van der Waals surface area (Å²) in [6.07, 6.45) is 3.46. The number of carbonyl (C=O) groups is 1. The Labute approximate surface area is 158 Å². The van der Waals surface area contributed by atoms with Crippen LogP contribution >= 0.6 is 0 Å². The number of hydrogen-bond acceptors (Lipinski definition) is 4. The zero-order valence-electron chi connectivity index (χ0n) is 16.8. The molecule has 2 N–H and O–H groups in total. The van der Waals surface area contributed by atoms with Crippen molar-refractivity contribution in [3.8, 4) is 0 Å². The molecular formula is C19H37N5O2. The number of morpholine rings is 1. The molecule has 7 nitrogen and oxygen atoms in total. The summed E-state index contributed by atoms with van der Waals surface area (Å²) in [6, 6.07) is 0.431. The molecule has 0 aromatic rings. The van der Waals surface area contributed by atoms with Gasteiger partial charge in [0.2, 0.25) is 5.91 Å². The third-order valence-electron chi connectivity index (χ3n) is 5.19. The number of ether oxygens (including phenoxy) is 1. The highest BCUT2D eigenvalue weighted by Gasteiger charge is 2.24. The summed E-state index contributed by atoms with van der Waals surface area (Å²) in [6.45, 7) is 13.7. The van der Waals surface area contributed by atoms with Crippen molar-refractivity contribution in [3.05, 3.63) is 0 Å². The highest BCUT2D eigenvalue weighted by molar-refractivity contribution is 5.85.